The summed E-state index contributed by atoms with van der Waals surface area (Å²) in [5.41, 5.74) is 7.66. The number of nitrogens with zero attached hydrogens (tertiary/aromatic N) is 2. The van der Waals surface area contributed by atoms with E-state index in [1.54, 1.807) is 7.11 Å². The molecule has 7 nitrogen and oxygen atoms in total. The molecule has 198 valence electrons. The Hall–Kier alpha value is -3.42. The summed E-state index contributed by atoms with van der Waals surface area (Å²) in [5.74, 6) is 1.81. The molecule has 2 fully saturated rings. The minimum atomic E-state index is -0.497. The summed E-state index contributed by atoms with van der Waals surface area (Å²) in [4.78, 5) is 20.0. The van der Waals surface area contributed by atoms with Crippen molar-refractivity contribution in [1.82, 2.24) is 10.3 Å². The second-order valence-corrected chi connectivity index (χ2v) is 10.8. The maximum atomic E-state index is 12.7. The number of rotatable bonds is 8. The molecule has 3 atom stereocenters. The number of piperidine rings is 1. The molecule has 1 N–H and O–H groups in total. The predicted octanol–water partition coefficient (Wildman–Crippen LogP) is 4.56. The van der Waals surface area contributed by atoms with E-state index in [2.05, 4.69) is 48.3 Å². The first-order chi connectivity index (χ1) is 18.5. The van der Waals surface area contributed by atoms with Crippen molar-refractivity contribution in [2.24, 2.45) is 11.3 Å². The van der Waals surface area contributed by atoms with Gasteiger partial charge in [-0.3, -0.25) is 4.79 Å². The Bertz CT molecular complexity index is 1390. The lowest BCUT2D eigenvalue weighted by Crippen LogP contribution is -2.44. The summed E-state index contributed by atoms with van der Waals surface area (Å²) in [6, 6.07) is 16.5. The highest BCUT2D eigenvalue weighted by molar-refractivity contribution is 5.84. The summed E-state index contributed by atoms with van der Waals surface area (Å²) in [6.45, 7) is 7.83. The summed E-state index contributed by atoms with van der Waals surface area (Å²) in [6.07, 6.45) is 0.845. The molecule has 1 aromatic heterocycles. The van der Waals surface area contributed by atoms with Gasteiger partial charge in [-0.2, -0.15) is 0 Å². The number of carbonyl (C=O) groups is 1. The number of aromatic nitrogens is 1. The lowest BCUT2D eigenvalue weighted by Gasteiger charge is -2.31. The average molecular weight is 514 g/mol. The molecule has 0 bridgehead atoms. The number of aryl methyl sites for hydroxylation is 1. The van der Waals surface area contributed by atoms with E-state index in [9.17, 15) is 4.79 Å². The monoisotopic (exact) mass is 513 g/mol. The Morgan fingerprint density at radius 1 is 1.11 bits per heavy atom. The first kappa shape index (κ1) is 24.9. The second kappa shape index (κ2) is 9.71. The fourth-order valence-electron chi connectivity index (χ4n) is 6.53. The van der Waals surface area contributed by atoms with Crippen molar-refractivity contribution in [2.75, 3.05) is 32.3 Å². The average Bonchev–Trinajstić information content (AvgIpc) is 3.28. The molecule has 2 aliphatic heterocycles. The van der Waals surface area contributed by atoms with Crippen LogP contribution < -0.4 is 15.0 Å². The zero-order valence-electron chi connectivity index (χ0n) is 22.5. The van der Waals surface area contributed by atoms with E-state index in [1.807, 2.05) is 24.3 Å². The number of hydrogen-bond donors (Lipinski definition) is 1. The van der Waals surface area contributed by atoms with Crippen LogP contribution in [0.3, 0.4) is 0 Å². The number of esters is 1. The van der Waals surface area contributed by atoms with Gasteiger partial charge >= 0.3 is 5.97 Å². The van der Waals surface area contributed by atoms with Gasteiger partial charge in [0.2, 0.25) is 0 Å². The van der Waals surface area contributed by atoms with Crippen molar-refractivity contribution in [3.63, 3.8) is 0 Å². The van der Waals surface area contributed by atoms with Crippen molar-refractivity contribution >= 4 is 11.8 Å². The number of fused-ring (bicyclic) bond motifs is 2. The highest BCUT2D eigenvalue weighted by Gasteiger charge is 2.71. The first-order valence-corrected chi connectivity index (χ1v) is 13.3. The molecule has 3 aromatic rings. The number of benzene rings is 2. The number of anilines is 1. The number of pyridine rings is 1. The van der Waals surface area contributed by atoms with E-state index in [-0.39, 0.29) is 17.9 Å². The Labute approximate surface area is 224 Å². The van der Waals surface area contributed by atoms with Crippen molar-refractivity contribution in [3.8, 4) is 17.0 Å². The SMILES string of the molecule is COC[C@H]1N(c2cccc(-c3cccc(C)c3OCc3ccc4c(c3C)CNC4)n2)C[C@@H]2C[C@@]21C(=O)OC. The summed E-state index contributed by atoms with van der Waals surface area (Å²) in [5, 5.41) is 3.44. The van der Waals surface area contributed by atoms with E-state index < -0.39 is 5.41 Å². The lowest BCUT2D eigenvalue weighted by molar-refractivity contribution is -0.148. The molecular formula is C31H35N3O4. The Balaban J connectivity index is 1.29. The number of nitrogens with one attached hydrogen (secondary N) is 1. The van der Waals surface area contributed by atoms with Gasteiger partial charge in [0.1, 0.15) is 18.2 Å². The zero-order valence-corrected chi connectivity index (χ0v) is 22.5. The van der Waals surface area contributed by atoms with Crippen LogP contribution in [0, 0.1) is 25.2 Å². The molecule has 1 saturated heterocycles. The fourth-order valence-corrected chi connectivity index (χ4v) is 6.53. The molecule has 2 aromatic carbocycles. The van der Waals surface area contributed by atoms with Crippen LogP contribution in [-0.4, -0.2) is 44.4 Å². The second-order valence-electron chi connectivity index (χ2n) is 10.8. The highest BCUT2D eigenvalue weighted by Crippen LogP contribution is 2.62. The van der Waals surface area contributed by atoms with Crippen molar-refractivity contribution < 1.29 is 19.0 Å². The van der Waals surface area contributed by atoms with E-state index in [0.717, 1.165) is 54.4 Å². The van der Waals surface area contributed by atoms with Crippen LogP contribution in [0.25, 0.3) is 11.3 Å². The topological polar surface area (TPSA) is 72.9 Å². The van der Waals surface area contributed by atoms with Gasteiger partial charge in [0, 0.05) is 32.3 Å². The third-order valence-electron chi connectivity index (χ3n) is 8.74. The maximum absolute atomic E-state index is 12.7. The number of carbonyl (C=O) groups excluding carboxylic acids is 1. The largest absolute Gasteiger partial charge is 0.488 e. The molecule has 0 unspecified atom stereocenters. The van der Waals surface area contributed by atoms with Crippen LogP contribution in [0.15, 0.2) is 48.5 Å². The minimum Gasteiger partial charge on any atom is -0.488 e. The molecule has 0 radical (unpaired) electrons. The van der Waals surface area contributed by atoms with Gasteiger partial charge in [-0.25, -0.2) is 4.98 Å². The van der Waals surface area contributed by atoms with Crippen molar-refractivity contribution in [1.29, 1.82) is 0 Å². The molecule has 1 aliphatic carbocycles. The third-order valence-corrected chi connectivity index (χ3v) is 8.74. The van der Waals surface area contributed by atoms with Crippen LogP contribution in [-0.2, 0) is 34.0 Å². The van der Waals surface area contributed by atoms with Crippen LogP contribution in [0.1, 0.15) is 34.2 Å². The molecule has 1 saturated carbocycles. The van der Waals surface area contributed by atoms with E-state index in [1.165, 1.54) is 29.4 Å². The molecular weight excluding hydrogens is 478 g/mol. The molecule has 3 aliphatic rings. The van der Waals surface area contributed by atoms with Gasteiger partial charge < -0.3 is 24.4 Å². The number of methoxy groups -OCH3 is 2. The van der Waals surface area contributed by atoms with Gasteiger partial charge in [-0.1, -0.05) is 30.3 Å². The standard InChI is InChI=1S/C31H35N3O4/c1-19-7-5-8-24(29(19)38-17-22-12-11-21-14-32-15-25(21)20(22)2)26-9-6-10-28(33-26)34-16-23-13-31(23,30(35)37-4)27(34)18-36-3/h5-12,23,27,32H,13-18H2,1-4H3/t23-,27+,31+/m0/s1. The third kappa shape index (κ3) is 3.96. The molecule has 0 spiro atoms. The minimum absolute atomic E-state index is 0.0989. The van der Waals surface area contributed by atoms with E-state index >= 15 is 0 Å². The van der Waals surface area contributed by atoms with Crippen molar-refractivity contribution in [2.45, 2.75) is 46.0 Å². The Morgan fingerprint density at radius 3 is 2.76 bits per heavy atom. The summed E-state index contributed by atoms with van der Waals surface area (Å²) in [7, 11) is 3.15. The van der Waals surface area contributed by atoms with Gasteiger partial charge in [0.15, 0.2) is 0 Å². The maximum Gasteiger partial charge on any atom is 0.314 e. The van der Waals surface area contributed by atoms with Gasteiger partial charge in [-0.15, -0.1) is 0 Å². The smallest absolute Gasteiger partial charge is 0.314 e. The molecule has 6 rings (SSSR count). The zero-order chi connectivity index (χ0) is 26.4. The number of hydrogen-bond acceptors (Lipinski definition) is 7. The molecule has 3 heterocycles. The molecule has 0 amide bonds. The number of ether oxygens (including phenoxy) is 3. The van der Waals surface area contributed by atoms with Gasteiger partial charge in [0.25, 0.3) is 0 Å². The lowest BCUT2D eigenvalue weighted by atomic mass is 9.96. The quantitative estimate of drug-likeness (QED) is 0.443. The van der Waals surface area contributed by atoms with Gasteiger partial charge in [0.05, 0.1) is 30.9 Å². The van der Waals surface area contributed by atoms with E-state index in [0.29, 0.717) is 13.2 Å². The van der Waals surface area contributed by atoms with Crippen LogP contribution >= 0.6 is 0 Å². The van der Waals surface area contributed by atoms with Gasteiger partial charge in [-0.05, 0) is 72.2 Å². The first-order valence-electron chi connectivity index (χ1n) is 13.3. The normalized spacial score (nSPS) is 23.2. The molecule has 7 heteroatoms. The predicted molar refractivity (Wildman–Crippen MR) is 146 cm³/mol. The summed E-state index contributed by atoms with van der Waals surface area (Å²) < 4.78 is 17.3. The van der Waals surface area contributed by atoms with Crippen LogP contribution in [0.4, 0.5) is 5.82 Å². The van der Waals surface area contributed by atoms with Crippen LogP contribution in [0.5, 0.6) is 5.75 Å². The molecule has 38 heavy (non-hydrogen) atoms. The van der Waals surface area contributed by atoms with Crippen LogP contribution in [0.2, 0.25) is 0 Å². The Morgan fingerprint density at radius 2 is 1.95 bits per heavy atom. The highest BCUT2D eigenvalue weighted by atomic mass is 16.5. The Kier molecular flexibility index (Phi) is 6.36. The van der Waals surface area contributed by atoms with Crippen molar-refractivity contribution in [3.05, 3.63) is 76.3 Å². The number of para-hydroxylation sites is 1. The van der Waals surface area contributed by atoms with E-state index in [4.69, 9.17) is 19.2 Å². The fraction of sp³-hybridized carbons (Fsp3) is 0.419. The summed E-state index contributed by atoms with van der Waals surface area (Å²) >= 11 is 0.